The molecule has 0 aliphatic carbocycles. The summed E-state index contributed by atoms with van der Waals surface area (Å²) in [6.07, 6.45) is 0. The maximum Gasteiger partial charge on any atom is 0.242 e. The third kappa shape index (κ3) is 2.66. The molecular formula is C14H14FNO3S. The molecule has 0 aromatic heterocycles. The van der Waals surface area contributed by atoms with Gasteiger partial charge in [-0.3, -0.25) is 0 Å². The van der Waals surface area contributed by atoms with Gasteiger partial charge in [0.05, 0.1) is 4.90 Å². The molecule has 2 aromatic rings. The molecular weight excluding hydrogens is 281 g/mol. The Balaban J connectivity index is 2.56. The number of hydrogen-bond donors (Lipinski definition) is 1. The third-order valence-corrected chi connectivity index (χ3v) is 4.69. The SMILES string of the molecule is CN(C)S(=O)(=O)c1cccc(-c2ccc(O)cc2F)c1. The van der Waals surface area contributed by atoms with E-state index in [1.54, 1.807) is 12.1 Å². The number of phenolic OH excluding ortho intramolecular Hbond substituents is 1. The molecule has 1 N–H and O–H groups in total. The minimum atomic E-state index is -3.57. The van der Waals surface area contributed by atoms with Crippen LogP contribution in [0.1, 0.15) is 0 Å². The van der Waals surface area contributed by atoms with E-state index < -0.39 is 15.8 Å². The molecule has 0 unspecified atom stereocenters. The highest BCUT2D eigenvalue weighted by Crippen LogP contribution is 2.28. The zero-order chi connectivity index (χ0) is 14.9. The summed E-state index contributed by atoms with van der Waals surface area (Å²) in [5, 5.41) is 9.20. The lowest BCUT2D eigenvalue weighted by atomic mass is 10.1. The number of rotatable bonds is 3. The Hall–Kier alpha value is -1.92. The lowest BCUT2D eigenvalue weighted by Crippen LogP contribution is -2.22. The molecule has 4 nitrogen and oxygen atoms in total. The van der Waals surface area contributed by atoms with Crippen LogP contribution in [0.25, 0.3) is 11.1 Å². The van der Waals surface area contributed by atoms with Crippen molar-refractivity contribution in [1.82, 2.24) is 4.31 Å². The largest absolute Gasteiger partial charge is 0.508 e. The predicted octanol–water partition coefficient (Wildman–Crippen LogP) is 2.45. The highest BCUT2D eigenvalue weighted by molar-refractivity contribution is 7.89. The summed E-state index contributed by atoms with van der Waals surface area (Å²) in [5.41, 5.74) is 0.670. The van der Waals surface area contributed by atoms with Gasteiger partial charge in [-0.1, -0.05) is 12.1 Å². The number of hydrogen-bond acceptors (Lipinski definition) is 3. The van der Waals surface area contributed by atoms with Crippen molar-refractivity contribution < 1.29 is 17.9 Å². The van der Waals surface area contributed by atoms with Crippen LogP contribution in [0, 0.1) is 5.82 Å². The van der Waals surface area contributed by atoms with E-state index in [0.29, 0.717) is 5.56 Å². The summed E-state index contributed by atoms with van der Waals surface area (Å²) in [6, 6.07) is 9.78. The minimum absolute atomic E-state index is 0.0903. The molecule has 0 saturated heterocycles. The fraction of sp³-hybridized carbons (Fsp3) is 0.143. The van der Waals surface area contributed by atoms with Crippen molar-refractivity contribution in [1.29, 1.82) is 0 Å². The molecule has 2 aromatic carbocycles. The molecule has 0 saturated carbocycles. The maximum atomic E-state index is 13.8. The van der Waals surface area contributed by atoms with Gasteiger partial charge in [0, 0.05) is 25.7 Å². The summed E-state index contributed by atoms with van der Waals surface area (Å²) >= 11 is 0. The van der Waals surface area contributed by atoms with Crippen molar-refractivity contribution in [2.75, 3.05) is 14.1 Å². The van der Waals surface area contributed by atoms with Crippen molar-refractivity contribution in [2.45, 2.75) is 4.90 Å². The second-order valence-electron chi connectivity index (χ2n) is 4.48. The highest BCUT2D eigenvalue weighted by atomic mass is 32.2. The van der Waals surface area contributed by atoms with Gasteiger partial charge in [-0.25, -0.2) is 17.1 Å². The van der Waals surface area contributed by atoms with E-state index in [-0.39, 0.29) is 16.2 Å². The first-order valence-corrected chi connectivity index (χ1v) is 7.28. The van der Waals surface area contributed by atoms with Crippen molar-refractivity contribution in [2.24, 2.45) is 0 Å². The molecule has 0 aliphatic heterocycles. The number of aromatic hydroxyl groups is 1. The van der Waals surface area contributed by atoms with Gasteiger partial charge in [0.2, 0.25) is 10.0 Å². The fourth-order valence-corrected chi connectivity index (χ4v) is 2.72. The lowest BCUT2D eigenvalue weighted by Gasteiger charge is -2.12. The van der Waals surface area contributed by atoms with Gasteiger partial charge in [-0.05, 0) is 29.8 Å². The van der Waals surface area contributed by atoms with Crippen LogP contribution >= 0.6 is 0 Å². The van der Waals surface area contributed by atoms with Crippen LogP contribution in [0.3, 0.4) is 0 Å². The average molecular weight is 295 g/mol. The second kappa shape index (κ2) is 5.22. The normalized spacial score (nSPS) is 11.8. The standard InChI is InChI=1S/C14H14FNO3S/c1-16(2)20(18,19)12-5-3-4-10(8-12)13-7-6-11(17)9-14(13)15/h3-9,17H,1-2H3. The molecule has 0 radical (unpaired) electrons. The van der Waals surface area contributed by atoms with Crippen molar-refractivity contribution >= 4 is 10.0 Å². The number of benzene rings is 2. The molecule has 0 heterocycles. The van der Waals surface area contributed by atoms with E-state index in [4.69, 9.17) is 0 Å². The number of nitrogens with zero attached hydrogens (tertiary/aromatic N) is 1. The highest BCUT2D eigenvalue weighted by Gasteiger charge is 2.18. The van der Waals surface area contributed by atoms with Crippen molar-refractivity contribution in [3.63, 3.8) is 0 Å². The van der Waals surface area contributed by atoms with Crippen LogP contribution in [-0.2, 0) is 10.0 Å². The molecule has 0 spiro atoms. The van der Waals surface area contributed by atoms with E-state index in [2.05, 4.69) is 0 Å². The van der Waals surface area contributed by atoms with Crippen LogP contribution in [0.5, 0.6) is 5.75 Å². The first-order valence-electron chi connectivity index (χ1n) is 5.84. The summed E-state index contributed by atoms with van der Waals surface area (Å²) in [7, 11) is -0.700. The Bertz CT molecular complexity index is 742. The summed E-state index contributed by atoms with van der Waals surface area (Å²) in [4.78, 5) is 0.0903. The predicted molar refractivity (Wildman–Crippen MR) is 74.4 cm³/mol. The molecule has 0 bridgehead atoms. The number of sulfonamides is 1. The zero-order valence-corrected chi connectivity index (χ0v) is 11.9. The fourth-order valence-electron chi connectivity index (χ4n) is 1.77. The maximum absolute atomic E-state index is 13.8. The van der Waals surface area contributed by atoms with Crippen molar-refractivity contribution in [3.05, 3.63) is 48.3 Å². The van der Waals surface area contributed by atoms with Gasteiger partial charge < -0.3 is 5.11 Å². The third-order valence-electron chi connectivity index (χ3n) is 2.88. The van der Waals surface area contributed by atoms with Gasteiger partial charge in [-0.2, -0.15) is 0 Å². The zero-order valence-electron chi connectivity index (χ0n) is 11.0. The van der Waals surface area contributed by atoms with Gasteiger partial charge >= 0.3 is 0 Å². The Morgan fingerprint density at radius 2 is 1.80 bits per heavy atom. The molecule has 0 fully saturated rings. The molecule has 0 aliphatic rings. The van der Waals surface area contributed by atoms with E-state index >= 15 is 0 Å². The van der Waals surface area contributed by atoms with Crippen LogP contribution < -0.4 is 0 Å². The lowest BCUT2D eigenvalue weighted by molar-refractivity contribution is 0.469. The second-order valence-corrected chi connectivity index (χ2v) is 6.63. The quantitative estimate of drug-likeness (QED) is 0.946. The summed E-state index contributed by atoms with van der Waals surface area (Å²) in [6.45, 7) is 0. The number of phenols is 1. The van der Waals surface area contributed by atoms with E-state index in [1.165, 1.54) is 38.4 Å². The van der Waals surface area contributed by atoms with Crippen LogP contribution in [0.15, 0.2) is 47.4 Å². The average Bonchev–Trinajstić information content (AvgIpc) is 2.38. The summed E-state index contributed by atoms with van der Waals surface area (Å²) < 4.78 is 39.0. The smallest absolute Gasteiger partial charge is 0.242 e. The molecule has 6 heteroatoms. The molecule has 2 rings (SSSR count). The van der Waals surface area contributed by atoms with Crippen LogP contribution in [0.4, 0.5) is 4.39 Å². The Morgan fingerprint density at radius 3 is 2.40 bits per heavy atom. The van der Waals surface area contributed by atoms with E-state index in [9.17, 15) is 17.9 Å². The Labute approximate surface area is 117 Å². The summed E-state index contributed by atoms with van der Waals surface area (Å²) in [5.74, 6) is -0.785. The van der Waals surface area contributed by atoms with E-state index in [0.717, 1.165) is 10.4 Å². The van der Waals surface area contributed by atoms with Gasteiger partial charge in [-0.15, -0.1) is 0 Å². The Morgan fingerprint density at radius 1 is 1.10 bits per heavy atom. The van der Waals surface area contributed by atoms with Gasteiger partial charge in [0.15, 0.2) is 0 Å². The number of halogens is 1. The first-order chi connectivity index (χ1) is 9.32. The van der Waals surface area contributed by atoms with E-state index in [1.807, 2.05) is 0 Å². The molecule has 20 heavy (non-hydrogen) atoms. The topological polar surface area (TPSA) is 57.6 Å². The molecule has 0 atom stereocenters. The molecule has 0 amide bonds. The van der Waals surface area contributed by atoms with Crippen molar-refractivity contribution in [3.8, 4) is 16.9 Å². The monoisotopic (exact) mass is 295 g/mol. The first kappa shape index (κ1) is 14.5. The van der Waals surface area contributed by atoms with Crippen LogP contribution in [-0.4, -0.2) is 31.9 Å². The minimum Gasteiger partial charge on any atom is -0.508 e. The van der Waals surface area contributed by atoms with Crippen LogP contribution in [0.2, 0.25) is 0 Å². The molecule has 106 valence electrons. The Kier molecular flexibility index (Phi) is 3.78. The van der Waals surface area contributed by atoms with Gasteiger partial charge in [0.1, 0.15) is 11.6 Å². The van der Waals surface area contributed by atoms with Gasteiger partial charge in [0.25, 0.3) is 0 Å².